The normalized spacial score (nSPS) is 17.7. The molecule has 0 spiro atoms. The standard InChI is InChI=1S/C14H18N2O3/c1-16(12(17)11-5-9-15-10-6-11)14(13(18)19)7-3-2-4-8-14/h5-6,9-10H,2-4,7-8H2,1H3,(H,18,19). The number of carboxylic acid groups (broad SMARTS) is 1. The Hall–Kier alpha value is -1.91. The first-order valence-corrected chi connectivity index (χ1v) is 6.49. The molecule has 1 aliphatic rings. The zero-order valence-corrected chi connectivity index (χ0v) is 11.0. The van der Waals surface area contributed by atoms with E-state index < -0.39 is 11.5 Å². The van der Waals surface area contributed by atoms with E-state index in [4.69, 9.17) is 0 Å². The van der Waals surface area contributed by atoms with Crippen molar-refractivity contribution >= 4 is 11.9 Å². The fourth-order valence-corrected chi connectivity index (χ4v) is 2.71. The molecule has 19 heavy (non-hydrogen) atoms. The molecule has 1 fully saturated rings. The Labute approximate surface area is 112 Å². The van der Waals surface area contributed by atoms with Gasteiger partial charge in [0, 0.05) is 25.0 Å². The minimum Gasteiger partial charge on any atom is -0.479 e. The Bertz CT molecular complexity index is 467. The lowest BCUT2D eigenvalue weighted by Gasteiger charge is -2.41. The summed E-state index contributed by atoms with van der Waals surface area (Å²) in [5, 5.41) is 9.55. The third-order valence-electron chi connectivity index (χ3n) is 3.95. The maximum Gasteiger partial charge on any atom is 0.329 e. The van der Waals surface area contributed by atoms with Crippen molar-refractivity contribution in [1.82, 2.24) is 9.88 Å². The number of aliphatic carboxylic acids is 1. The second-order valence-corrected chi connectivity index (χ2v) is 5.00. The number of carbonyl (C=O) groups is 2. The molecule has 102 valence electrons. The van der Waals surface area contributed by atoms with Gasteiger partial charge >= 0.3 is 5.97 Å². The number of hydrogen-bond donors (Lipinski definition) is 1. The van der Waals surface area contributed by atoms with Crippen LogP contribution in [0.5, 0.6) is 0 Å². The molecule has 0 aliphatic heterocycles. The zero-order chi connectivity index (χ0) is 13.9. The molecule has 0 radical (unpaired) electrons. The molecule has 1 N–H and O–H groups in total. The molecule has 0 aromatic carbocycles. The molecule has 0 saturated heterocycles. The van der Waals surface area contributed by atoms with Gasteiger partial charge in [0.2, 0.25) is 0 Å². The molecule has 1 aromatic rings. The van der Waals surface area contributed by atoms with Crippen molar-refractivity contribution < 1.29 is 14.7 Å². The van der Waals surface area contributed by atoms with Gasteiger partial charge in [-0.1, -0.05) is 19.3 Å². The third kappa shape index (κ3) is 2.45. The molecule has 1 amide bonds. The average molecular weight is 262 g/mol. The fourth-order valence-electron chi connectivity index (χ4n) is 2.71. The van der Waals surface area contributed by atoms with E-state index in [9.17, 15) is 14.7 Å². The predicted molar refractivity (Wildman–Crippen MR) is 69.8 cm³/mol. The van der Waals surface area contributed by atoms with E-state index in [1.807, 2.05) is 0 Å². The summed E-state index contributed by atoms with van der Waals surface area (Å²) in [6, 6.07) is 3.22. The summed E-state index contributed by atoms with van der Waals surface area (Å²) in [5.74, 6) is -1.16. The number of likely N-dealkylation sites (N-methyl/N-ethyl adjacent to an activating group) is 1. The summed E-state index contributed by atoms with van der Waals surface area (Å²) in [6.07, 6.45) is 6.85. The summed E-state index contributed by atoms with van der Waals surface area (Å²) in [4.78, 5) is 29.3. The number of pyridine rings is 1. The van der Waals surface area contributed by atoms with Gasteiger partial charge in [-0.2, -0.15) is 0 Å². The largest absolute Gasteiger partial charge is 0.479 e. The van der Waals surface area contributed by atoms with Crippen molar-refractivity contribution in [3.05, 3.63) is 30.1 Å². The van der Waals surface area contributed by atoms with E-state index >= 15 is 0 Å². The van der Waals surface area contributed by atoms with Crippen LogP contribution in [0.25, 0.3) is 0 Å². The second-order valence-electron chi connectivity index (χ2n) is 5.00. The van der Waals surface area contributed by atoms with Crippen LogP contribution < -0.4 is 0 Å². The average Bonchev–Trinajstić information content (AvgIpc) is 2.47. The lowest BCUT2D eigenvalue weighted by atomic mass is 9.80. The van der Waals surface area contributed by atoms with E-state index in [1.54, 1.807) is 19.2 Å². The third-order valence-corrected chi connectivity index (χ3v) is 3.95. The number of nitrogens with zero attached hydrogens (tertiary/aromatic N) is 2. The van der Waals surface area contributed by atoms with Crippen LogP contribution in [0.4, 0.5) is 0 Å². The SMILES string of the molecule is CN(C(=O)c1ccncc1)C1(C(=O)O)CCCCC1. The van der Waals surface area contributed by atoms with Crippen molar-refractivity contribution in [3.63, 3.8) is 0 Å². The van der Waals surface area contributed by atoms with Gasteiger partial charge in [0.1, 0.15) is 5.54 Å². The van der Waals surface area contributed by atoms with E-state index in [2.05, 4.69) is 4.98 Å². The van der Waals surface area contributed by atoms with Crippen molar-refractivity contribution in [2.45, 2.75) is 37.6 Å². The van der Waals surface area contributed by atoms with Gasteiger partial charge in [-0.05, 0) is 25.0 Å². The highest BCUT2D eigenvalue weighted by atomic mass is 16.4. The molecular weight excluding hydrogens is 244 g/mol. The lowest BCUT2D eigenvalue weighted by molar-refractivity contribution is -0.151. The molecule has 1 saturated carbocycles. The number of carbonyl (C=O) groups excluding carboxylic acids is 1. The van der Waals surface area contributed by atoms with Crippen LogP contribution in [0.15, 0.2) is 24.5 Å². The zero-order valence-electron chi connectivity index (χ0n) is 11.0. The Morgan fingerprint density at radius 1 is 1.21 bits per heavy atom. The Morgan fingerprint density at radius 2 is 1.79 bits per heavy atom. The van der Waals surface area contributed by atoms with Crippen LogP contribution in [-0.2, 0) is 4.79 Å². The van der Waals surface area contributed by atoms with E-state index in [-0.39, 0.29) is 5.91 Å². The van der Waals surface area contributed by atoms with E-state index in [0.717, 1.165) is 19.3 Å². The molecule has 5 nitrogen and oxygen atoms in total. The first-order valence-electron chi connectivity index (χ1n) is 6.49. The Kier molecular flexibility index (Phi) is 3.83. The summed E-state index contributed by atoms with van der Waals surface area (Å²) in [7, 11) is 1.59. The topological polar surface area (TPSA) is 70.5 Å². The summed E-state index contributed by atoms with van der Waals surface area (Å²) in [6.45, 7) is 0. The Balaban J connectivity index is 2.27. The first kappa shape index (κ1) is 13.5. The molecule has 0 bridgehead atoms. The minimum absolute atomic E-state index is 0.258. The van der Waals surface area contributed by atoms with Gasteiger partial charge in [0.05, 0.1) is 0 Å². The van der Waals surface area contributed by atoms with Crippen molar-refractivity contribution in [2.24, 2.45) is 0 Å². The molecule has 0 unspecified atom stereocenters. The molecule has 0 atom stereocenters. The number of rotatable bonds is 3. The molecule has 2 rings (SSSR count). The predicted octanol–water partition coefficient (Wildman–Crippen LogP) is 1.94. The molecular formula is C14H18N2O3. The van der Waals surface area contributed by atoms with Crippen LogP contribution in [0.3, 0.4) is 0 Å². The Morgan fingerprint density at radius 3 is 2.32 bits per heavy atom. The highest BCUT2D eigenvalue weighted by Gasteiger charge is 2.45. The highest BCUT2D eigenvalue weighted by molar-refractivity contribution is 5.97. The number of hydrogen-bond acceptors (Lipinski definition) is 3. The first-order chi connectivity index (χ1) is 9.08. The van der Waals surface area contributed by atoms with E-state index in [1.165, 1.54) is 17.3 Å². The second kappa shape index (κ2) is 5.38. The summed E-state index contributed by atoms with van der Waals surface area (Å²) >= 11 is 0. The smallest absolute Gasteiger partial charge is 0.329 e. The van der Waals surface area contributed by atoms with Gasteiger partial charge in [0.25, 0.3) is 5.91 Å². The summed E-state index contributed by atoms with van der Waals surface area (Å²) in [5.41, 5.74) is -0.581. The van der Waals surface area contributed by atoms with Gasteiger partial charge in [0.15, 0.2) is 0 Å². The fraction of sp³-hybridized carbons (Fsp3) is 0.500. The highest BCUT2D eigenvalue weighted by Crippen LogP contribution is 2.34. The quantitative estimate of drug-likeness (QED) is 0.903. The maximum atomic E-state index is 12.4. The monoisotopic (exact) mass is 262 g/mol. The van der Waals surface area contributed by atoms with Gasteiger partial charge in [-0.25, -0.2) is 4.79 Å². The van der Waals surface area contributed by atoms with E-state index in [0.29, 0.717) is 18.4 Å². The van der Waals surface area contributed by atoms with Crippen LogP contribution in [-0.4, -0.2) is 39.5 Å². The number of amides is 1. The summed E-state index contributed by atoms with van der Waals surface area (Å²) < 4.78 is 0. The van der Waals surface area contributed by atoms with Crippen molar-refractivity contribution in [1.29, 1.82) is 0 Å². The van der Waals surface area contributed by atoms with Gasteiger partial charge in [-0.3, -0.25) is 9.78 Å². The van der Waals surface area contributed by atoms with Crippen LogP contribution in [0.1, 0.15) is 42.5 Å². The van der Waals surface area contributed by atoms with Crippen LogP contribution in [0, 0.1) is 0 Å². The number of carboxylic acids is 1. The van der Waals surface area contributed by atoms with Crippen LogP contribution in [0.2, 0.25) is 0 Å². The molecule has 1 aromatic heterocycles. The van der Waals surface area contributed by atoms with Crippen molar-refractivity contribution in [2.75, 3.05) is 7.05 Å². The van der Waals surface area contributed by atoms with Gasteiger partial charge in [-0.15, -0.1) is 0 Å². The molecule has 1 heterocycles. The van der Waals surface area contributed by atoms with Crippen LogP contribution >= 0.6 is 0 Å². The number of aromatic nitrogens is 1. The van der Waals surface area contributed by atoms with Gasteiger partial charge < -0.3 is 10.0 Å². The molecule has 5 heteroatoms. The lowest BCUT2D eigenvalue weighted by Crippen LogP contribution is -2.56. The minimum atomic E-state index is -1.06. The van der Waals surface area contributed by atoms with Crippen molar-refractivity contribution in [3.8, 4) is 0 Å². The maximum absolute atomic E-state index is 12.4. The molecule has 1 aliphatic carbocycles.